The molecule has 0 aromatic heterocycles. The first-order chi connectivity index (χ1) is 66.9. The number of nitriles is 9. The first-order valence-electron chi connectivity index (χ1n) is 41.8. The summed E-state index contributed by atoms with van der Waals surface area (Å²) < 4.78 is 54.1. The van der Waals surface area contributed by atoms with E-state index in [0.717, 1.165) is 51.4 Å². The molecule has 0 atom stereocenters. The van der Waals surface area contributed by atoms with Gasteiger partial charge in [0.2, 0.25) is 0 Å². The molecule has 734 valence electrons. The molecule has 3 aromatic rings. The monoisotopic (exact) mass is 1920 g/mol. The molecule has 3 aromatic carbocycles. The smallest absolute Gasteiger partial charge is 0.407 e. The highest BCUT2D eigenvalue weighted by Crippen LogP contribution is 2.21. The van der Waals surface area contributed by atoms with Crippen LogP contribution in [0.1, 0.15) is 165 Å². The first kappa shape index (κ1) is 126. The Hall–Kier alpha value is -18.0. The van der Waals surface area contributed by atoms with Crippen molar-refractivity contribution in [3.8, 4) is 54.6 Å². The number of amides is 2. The van der Waals surface area contributed by atoms with Crippen LogP contribution in [0.5, 0.6) is 0 Å². The molecule has 39 nitrogen and oxygen atoms in total. The van der Waals surface area contributed by atoms with Crippen molar-refractivity contribution < 1.29 is 124 Å². The van der Waals surface area contributed by atoms with E-state index in [1.165, 1.54) is 72.8 Å². The van der Waals surface area contributed by atoms with Crippen LogP contribution in [-0.4, -0.2) is 171 Å². The third-order valence-corrected chi connectivity index (χ3v) is 16.2. The summed E-state index contributed by atoms with van der Waals surface area (Å²) in [6, 6.07) is 31.7. The molecule has 0 bridgehead atoms. The van der Waals surface area contributed by atoms with Gasteiger partial charge in [-0.2, -0.15) is 47.4 Å². The molecular formula is C101H109N13O26. The molecule has 0 fully saturated rings. The average Bonchev–Trinajstić information content (AvgIpc) is 0.846. The number of ether oxygens (including phenoxy) is 11. The molecule has 0 spiro atoms. The molecule has 0 saturated carbocycles. The van der Waals surface area contributed by atoms with Crippen LogP contribution >= 0.6 is 0 Å². The second-order valence-electron chi connectivity index (χ2n) is 28.0. The first-order valence-corrected chi connectivity index (χ1v) is 41.8. The van der Waals surface area contributed by atoms with Gasteiger partial charge >= 0.3 is 65.9 Å². The molecule has 140 heavy (non-hydrogen) atoms. The summed E-state index contributed by atoms with van der Waals surface area (Å²) in [6.07, 6.45) is 12.4. The van der Waals surface area contributed by atoms with E-state index in [4.69, 9.17) is 127 Å². The minimum atomic E-state index is -0.800. The second kappa shape index (κ2) is 80.7. The topological polar surface area (TPSA) is 573 Å². The summed E-state index contributed by atoms with van der Waals surface area (Å²) in [5, 5.41) is 82.3. The van der Waals surface area contributed by atoms with Crippen LogP contribution in [0.15, 0.2) is 239 Å². The number of rotatable bonds is 58. The zero-order valence-corrected chi connectivity index (χ0v) is 77.9. The van der Waals surface area contributed by atoms with Crippen molar-refractivity contribution in [2.75, 3.05) is 99.0 Å². The number of carbonyl (C=O) groups excluding carboxylic acids is 11. The maximum Gasteiger partial charge on any atom is 0.407 e. The molecule has 0 unspecified atom stereocenters. The fraction of sp³-hybridized carbons (Fsp3) is 0.327. The number of unbranched alkanes of at least 4 members (excludes halogenated alkanes) is 4. The molecule has 0 heterocycles. The molecule has 0 aliphatic carbocycles. The van der Waals surface area contributed by atoms with Gasteiger partial charge in [-0.15, -0.1) is 13.2 Å². The van der Waals surface area contributed by atoms with Crippen molar-refractivity contribution in [3.05, 3.63) is 300 Å². The maximum absolute atomic E-state index is 12.3. The Morgan fingerprint density at radius 3 is 1.03 bits per heavy atom. The van der Waals surface area contributed by atoms with Gasteiger partial charge in [0, 0.05) is 32.0 Å². The maximum atomic E-state index is 12.3. The number of hydrogen-bond acceptors (Lipinski definition) is 35. The second-order valence-corrected chi connectivity index (χ2v) is 28.0. The minimum absolute atomic E-state index is 0.00142. The van der Waals surface area contributed by atoms with Gasteiger partial charge in [-0.05, 0) is 130 Å². The Kier molecular flexibility index (Phi) is 72.7. The average molecular weight is 1920 g/mol. The Bertz CT molecular complexity index is 5150. The lowest BCUT2D eigenvalue weighted by Gasteiger charge is -2.16. The Morgan fingerprint density at radius 2 is 0.693 bits per heavy atom. The fourth-order valence-electron chi connectivity index (χ4n) is 8.83. The highest BCUT2D eigenvalue weighted by Gasteiger charge is 2.22. The SMILES string of the molecule is C=C(C#N)COC(=O)NCCCCCCNC(=O)OCC(=C)C#N.C=C(C#N)COC(=O)c1cccc(C(=O)OCC(=C)C#N)c1.C=CC(=O)OCCCC.C=CCCC(CCC=C)OC(=O)c1ccc(C(=O)OCC(=C)C#N)cc1.[C-]#[N+]C(=C)COOCC(CCC(=O)OCC(=C)C#N)CCC(=O)OCC(=C)C#N.[C-]#[N+]C(=C)COOCc1cc(C(=O)OCC(=C)C#N)cc(C(=O)OCC(=C)C#N)c1. The number of alkyl carbamates (subject to hydrolysis) is 2. The molecule has 2 N–H and O–H groups in total. The van der Waals surface area contributed by atoms with Crippen LogP contribution in [0.3, 0.4) is 0 Å². The lowest BCUT2D eigenvalue weighted by molar-refractivity contribution is -0.297. The van der Waals surface area contributed by atoms with E-state index in [1.54, 1.807) is 66.8 Å². The molecule has 2 amide bonds. The number of esters is 9. The van der Waals surface area contributed by atoms with Gasteiger partial charge in [-0.1, -0.05) is 123 Å². The van der Waals surface area contributed by atoms with E-state index in [1.807, 2.05) is 6.92 Å². The lowest BCUT2D eigenvalue weighted by atomic mass is 9.98. The third-order valence-electron chi connectivity index (χ3n) is 16.2. The van der Waals surface area contributed by atoms with E-state index >= 15 is 0 Å². The van der Waals surface area contributed by atoms with E-state index in [-0.39, 0.29) is 206 Å². The van der Waals surface area contributed by atoms with Gasteiger partial charge in [0.15, 0.2) is 11.4 Å². The zero-order chi connectivity index (χ0) is 106. The Labute approximate surface area is 813 Å². The summed E-state index contributed by atoms with van der Waals surface area (Å²) in [4.78, 5) is 154. The molecule has 0 saturated heterocycles. The zero-order valence-electron chi connectivity index (χ0n) is 77.9. The summed E-state index contributed by atoms with van der Waals surface area (Å²) >= 11 is 0. The van der Waals surface area contributed by atoms with Crippen LogP contribution in [-0.2, 0) is 92.6 Å². The van der Waals surface area contributed by atoms with Crippen LogP contribution < -0.4 is 10.6 Å². The number of nitrogens with zero attached hydrogens (tertiary/aromatic N) is 11. The molecule has 0 radical (unpaired) electrons. The van der Waals surface area contributed by atoms with E-state index in [9.17, 15) is 52.7 Å². The third kappa shape index (κ3) is 67.2. The predicted octanol–water partition coefficient (Wildman–Crippen LogP) is 16.0. The fourth-order valence-corrected chi connectivity index (χ4v) is 8.83. The predicted molar refractivity (Wildman–Crippen MR) is 503 cm³/mol. The van der Waals surface area contributed by atoms with Gasteiger partial charge in [0.05, 0.1) is 165 Å². The number of benzene rings is 3. The quantitative estimate of drug-likeness (QED) is 0.00610. The van der Waals surface area contributed by atoms with Gasteiger partial charge in [0.1, 0.15) is 85.4 Å². The van der Waals surface area contributed by atoms with Crippen LogP contribution in [0.2, 0.25) is 0 Å². The van der Waals surface area contributed by atoms with Gasteiger partial charge in [-0.25, -0.2) is 72.4 Å². The molecule has 3 rings (SSSR count). The highest BCUT2D eigenvalue weighted by atomic mass is 17.2. The van der Waals surface area contributed by atoms with Crippen LogP contribution in [0.25, 0.3) is 9.69 Å². The number of carbonyl (C=O) groups is 11. The highest BCUT2D eigenvalue weighted by molar-refractivity contribution is 5.97. The van der Waals surface area contributed by atoms with Crippen molar-refractivity contribution in [1.82, 2.24) is 10.6 Å². The van der Waals surface area contributed by atoms with E-state index in [2.05, 4.69) is 117 Å². The number of nitrogens with one attached hydrogen (secondary N) is 2. The number of allylic oxidation sites excluding steroid dienone is 2. The largest absolute Gasteiger partial charge is 0.463 e. The summed E-state index contributed by atoms with van der Waals surface area (Å²) in [7, 11) is 0. The van der Waals surface area contributed by atoms with Gasteiger partial charge in [0.25, 0.3) is 0 Å². The Balaban J connectivity index is -0.00000164. The van der Waals surface area contributed by atoms with E-state index in [0.29, 0.717) is 56.5 Å². The molecular weight excluding hydrogens is 1810 g/mol. The normalized spacial score (nSPS) is 9.34. The van der Waals surface area contributed by atoms with Crippen LogP contribution in [0, 0.1) is 121 Å². The minimum Gasteiger partial charge on any atom is -0.463 e. The number of hydrogen-bond donors (Lipinski definition) is 2. The van der Waals surface area contributed by atoms with Gasteiger partial charge < -0.3 is 62.7 Å². The van der Waals surface area contributed by atoms with Crippen molar-refractivity contribution >= 4 is 65.9 Å². The summed E-state index contributed by atoms with van der Waals surface area (Å²) in [5.41, 5.74) is 2.68. The van der Waals surface area contributed by atoms with Crippen molar-refractivity contribution in [2.45, 2.75) is 110 Å². The molecule has 39 heteroatoms. The summed E-state index contributed by atoms with van der Waals surface area (Å²) in [6.45, 7) is 63.1. The van der Waals surface area contributed by atoms with Crippen molar-refractivity contribution in [1.29, 1.82) is 47.4 Å². The molecule has 0 aliphatic heterocycles. The van der Waals surface area contributed by atoms with Crippen molar-refractivity contribution in [2.24, 2.45) is 5.92 Å². The molecule has 0 aliphatic rings. The van der Waals surface area contributed by atoms with Crippen LogP contribution in [0.4, 0.5) is 9.59 Å². The van der Waals surface area contributed by atoms with E-state index < -0.39 is 59.9 Å². The standard InChI is InChI=1S/C21H17N3O6.C21H23NO4.C20H23N3O6.C16H22N4O4.C16H12N2O4.C7H12O2/c1-14(8-22)10-27-20(25)18-5-17(13-30-29-12-16(3)24-4)6-19(7-18)21(26)28-11-15(2)9-23;1-4-6-8-19(9-7-5-2)26-21(24)18-12-10-17(11-13-18)20(23)25-15-16(3)14-22;1-15(9-21)11-26-19(24)7-5-18(14-29-28-13-17(3)23-4)6-8-20(25)27-12-16(2)10-22;1-13(9-17)11-23-15(21)19-7-5-3-4-6-8-20-16(22)24-12-14(2)10-18;1-11(7-17)9-21-15(19)13-4-3-5-14(6-13)16(20)22-10-12(2)8-18;1-3-5-6-9-7(8)4-2/h5-7H,1-3,10-13H2;4-5,10-13,19H,1-3,6-9,15H2;18H,1-3,5-8,11-14H2;1-8,11-12H2,(H,19,21)(H,20,22);3-6H,1-2,9-10H2;4H,2-3,5-6H2,1H3. The summed E-state index contributed by atoms with van der Waals surface area (Å²) in [5.74, 6) is -5.60. The van der Waals surface area contributed by atoms with Crippen molar-refractivity contribution in [3.63, 3.8) is 0 Å². The lowest BCUT2D eigenvalue weighted by Crippen LogP contribution is -2.26. The Morgan fingerprint density at radius 1 is 0.371 bits per heavy atom. The van der Waals surface area contributed by atoms with Gasteiger partial charge in [-0.3, -0.25) is 9.59 Å².